The minimum absolute atomic E-state index is 0.423. The van der Waals surface area contributed by atoms with Gasteiger partial charge >= 0.3 is 0 Å². The van der Waals surface area contributed by atoms with Crippen LogP contribution >= 0.6 is 15.9 Å². The number of furan rings is 1. The molecule has 1 aliphatic carbocycles. The summed E-state index contributed by atoms with van der Waals surface area (Å²) in [5.74, 6) is 1.68. The first kappa shape index (κ1) is 11.2. The smallest absolute Gasteiger partial charge is 0.169 e. The molecular weight excluding hydrogens is 258 g/mol. The van der Waals surface area contributed by atoms with Crippen LogP contribution in [0.4, 0.5) is 0 Å². The minimum atomic E-state index is 0.423. The molecule has 0 spiro atoms. The highest BCUT2D eigenvalue weighted by molar-refractivity contribution is 9.10. The number of halogens is 1. The molecule has 2 rings (SSSR count). The first-order valence-corrected chi connectivity index (χ1v) is 6.07. The molecule has 1 saturated carbocycles. The van der Waals surface area contributed by atoms with Gasteiger partial charge in [0.15, 0.2) is 4.67 Å². The summed E-state index contributed by atoms with van der Waals surface area (Å²) in [7, 11) is 1.99. The van der Waals surface area contributed by atoms with Crippen molar-refractivity contribution in [3.63, 3.8) is 0 Å². The zero-order valence-corrected chi connectivity index (χ0v) is 10.4. The van der Waals surface area contributed by atoms with Gasteiger partial charge in [0, 0.05) is 0 Å². The molecule has 3 nitrogen and oxygen atoms in total. The van der Waals surface area contributed by atoms with Crippen LogP contribution in [0.5, 0.6) is 0 Å². The molecule has 1 N–H and O–H groups in total. The largest absolute Gasteiger partial charge is 0.452 e. The zero-order valence-electron chi connectivity index (χ0n) is 8.83. The number of hydrogen-bond donors (Lipinski definition) is 1. The van der Waals surface area contributed by atoms with Crippen LogP contribution in [-0.2, 0) is 11.3 Å². The van der Waals surface area contributed by atoms with E-state index in [1.165, 1.54) is 12.8 Å². The van der Waals surface area contributed by atoms with Crippen LogP contribution < -0.4 is 5.32 Å². The lowest BCUT2D eigenvalue weighted by atomic mass is 9.82. The molecule has 15 heavy (non-hydrogen) atoms. The number of ether oxygens (including phenoxy) is 1. The molecule has 1 aliphatic rings. The standard InChI is InChI=1S/C11H16BrNO2/c1-13-6-8-4-10(5-8)14-7-9-2-3-11(12)15-9/h2-3,8,10,13H,4-7H2,1H3. The summed E-state index contributed by atoms with van der Waals surface area (Å²) < 4.78 is 11.8. The van der Waals surface area contributed by atoms with E-state index in [0.29, 0.717) is 12.7 Å². The highest BCUT2D eigenvalue weighted by Gasteiger charge is 2.29. The van der Waals surface area contributed by atoms with Gasteiger partial charge in [0.2, 0.25) is 0 Å². The van der Waals surface area contributed by atoms with E-state index in [2.05, 4.69) is 21.2 Å². The topological polar surface area (TPSA) is 34.4 Å². The van der Waals surface area contributed by atoms with Crippen molar-refractivity contribution in [3.8, 4) is 0 Å². The van der Waals surface area contributed by atoms with Crippen molar-refractivity contribution in [2.75, 3.05) is 13.6 Å². The monoisotopic (exact) mass is 273 g/mol. The second-order valence-corrected chi connectivity index (χ2v) is 4.82. The molecule has 1 aromatic heterocycles. The Morgan fingerprint density at radius 1 is 1.53 bits per heavy atom. The van der Waals surface area contributed by atoms with Crippen LogP contribution in [0.25, 0.3) is 0 Å². The lowest BCUT2D eigenvalue weighted by Crippen LogP contribution is -2.36. The van der Waals surface area contributed by atoms with Crippen molar-refractivity contribution in [2.24, 2.45) is 5.92 Å². The molecule has 0 unspecified atom stereocenters. The van der Waals surface area contributed by atoms with Gasteiger partial charge in [-0.2, -0.15) is 0 Å². The summed E-state index contributed by atoms with van der Waals surface area (Å²) in [6.45, 7) is 1.69. The SMILES string of the molecule is CNCC1CC(OCc2ccc(Br)o2)C1. The average molecular weight is 274 g/mol. The van der Waals surface area contributed by atoms with Gasteiger partial charge in [0.1, 0.15) is 12.4 Å². The first-order valence-electron chi connectivity index (χ1n) is 5.28. The second kappa shape index (κ2) is 5.14. The van der Waals surface area contributed by atoms with Crippen LogP contribution in [-0.4, -0.2) is 19.7 Å². The summed E-state index contributed by atoms with van der Waals surface area (Å²) >= 11 is 3.27. The van der Waals surface area contributed by atoms with E-state index in [-0.39, 0.29) is 0 Å². The molecule has 0 radical (unpaired) electrons. The van der Waals surface area contributed by atoms with Gasteiger partial charge in [-0.1, -0.05) is 0 Å². The first-order chi connectivity index (χ1) is 7.28. The van der Waals surface area contributed by atoms with E-state index < -0.39 is 0 Å². The molecule has 0 saturated heterocycles. The van der Waals surface area contributed by atoms with E-state index in [0.717, 1.165) is 22.9 Å². The summed E-state index contributed by atoms with van der Waals surface area (Å²) in [6.07, 6.45) is 2.76. The molecule has 4 heteroatoms. The van der Waals surface area contributed by atoms with Crippen LogP contribution in [0.3, 0.4) is 0 Å². The van der Waals surface area contributed by atoms with Gasteiger partial charge < -0.3 is 14.5 Å². The van der Waals surface area contributed by atoms with Crippen molar-refractivity contribution < 1.29 is 9.15 Å². The molecule has 0 bridgehead atoms. The predicted octanol–water partition coefficient (Wildman–Crippen LogP) is 2.56. The molecule has 0 aliphatic heterocycles. The number of rotatable bonds is 5. The quantitative estimate of drug-likeness (QED) is 0.896. The van der Waals surface area contributed by atoms with Crippen LogP contribution in [0, 0.1) is 5.92 Å². The fraction of sp³-hybridized carbons (Fsp3) is 0.636. The highest BCUT2D eigenvalue weighted by atomic mass is 79.9. The molecule has 1 heterocycles. The van der Waals surface area contributed by atoms with Crippen molar-refractivity contribution in [3.05, 3.63) is 22.6 Å². The summed E-state index contributed by atoms with van der Waals surface area (Å²) in [6, 6.07) is 3.83. The van der Waals surface area contributed by atoms with Gasteiger partial charge in [0.05, 0.1) is 6.10 Å². The van der Waals surface area contributed by atoms with E-state index >= 15 is 0 Å². The lowest BCUT2D eigenvalue weighted by molar-refractivity contribution is -0.0448. The Morgan fingerprint density at radius 2 is 2.33 bits per heavy atom. The summed E-state index contributed by atoms with van der Waals surface area (Å²) in [4.78, 5) is 0. The van der Waals surface area contributed by atoms with Gasteiger partial charge in [-0.05, 0) is 60.4 Å². The molecule has 0 aromatic carbocycles. The second-order valence-electron chi connectivity index (χ2n) is 4.03. The van der Waals surface area contributed by atoms with Gasteiger partial charge in [0.25, 0.3) is 0 Å². The van der Waals surface area contributed by atoms with E-state index in [4.69, 9.17) is 9.15 Å². The summed E-state index contributed by atoms with van der Waals surface area (Å²) in [5.41, 5.74) is 0. The third-order valence-electron chi connectivity index (χ3n) is 2.78. The Kier molecular flexibility index (Phi) is 3.83. The van der Waals surface area contributed by atoms with Crippen LogP contribution in [0.15, 0.2) is 21.2 Å². The van der Waals surface area contributed by atoms with Crippen LogP contribution in [0.2, 0.25) is 0 Å². The van der Waals surface area contributed by atoms with E-state index in [9.17, 15) is 0 Å². The maximum atomic E-state index is 5.71. The lowest BCUT2D eigenvalue weighted by Gasteiger charge is -2.34. The molecule has 0 amide bonds. The molecule has 1 aromatic rings. The van der Waals surface area contributed by atoms with Gasteiger partial charge in [-0.3, -0.25) is 0 Å². The maximum Gasteiger partial charge on any atom is 0.169 e. The van der Waals surface area contributed by atoms with Crippen molar-refractivity contribution in [1.82, 2.24) is 5.32 Å². The fourth-order valence-corrected chi connectivity index (χ4v) is 2.24. The van der Waals surface area contributed by atoms with Crippen molar-refractivity contribution in [2.45, 2.75) is 25.6 Å². The molecule has 0 atom stereocenters. The Bertz CT molecular complexity index is 307. The predicted molar refractivity (Wildman–Crippen MR) is 61.6 cm³/mol. The van der Waals surface area contributed by atoms with Gasteiger partial charge in [-0.15, -0.1) is 0 Å². The average Bonchev–Trinajstić information content (AvgIpc) is 2.55. The highest BCUT2D eigenvalue weighted by Crippen LogP contribution is 2.30. The fourth-order valence-electron chi connectivity index (χ4n) is 1.90. The zero-order chi connectivity index (χ0) is 10.7. The molecular formula is C11H16BrNO2. The van der Waals surface area contributed by atoms with E-state index in [1.54, 1.807) is 0 Å². The van der Waals surface area contributed by atoms with Crippen molar-refractivity contribution in [1.29, 1.82) is 0 Å². The van der Waals surface area contributed by atoms with Gasteiger partial charge in [-0.25, -0.2) is 0 Å². The normalized spacial score (nSPS) is 25.2. The number of hydrogen-bond acceptors (Lipinski definition) is 3. The third kappa shape index (κ3) is 3.06. The molecule has 1 fully saturated rings. The minimum Gasteiger partial charge on any atom is -0.452 e. The third-order valence-corrected chi connectivity index (χ3v) is 3.20. The Labute approximate surface area is 98.3 Å². The Morgan fingerprint density at radius 3 is 2.93 bits per heavy atom. The number of nitrogens with one attached hydrogen (secondary N) is 1. The Hall–Kier alpha value is -0.320. The molecule has 84 valence electrons. The maximum absolute atomic E-state index is 5.71. The van der Waals surface area contributed by atoms with E-state index in [1.807, 2.05) is 19.2 Å². The van der Waals surface area contributed by atoms with Crippen LogP contribution in [0.1, 0.15) is 18.6 Å². The Balaban J connectivity index is 1.64. The van der Waals surface area contributed by atoms with Crippen molar-refractivity contribution >= 4 is 15.9 Å². The summed E-state index contributed by atoms with van der Waals surface area (Å²) in [5, 5.41) is 3.19.